The van der Waals surface area contributed by atoms with Crippen molar-refractivity contribution in [3.63, 3.8) is 0 Å². The number of anilines is 1. The Morgan fingerprint density at radius 2 is 2.04 bits per heavy atom. The molecule has 0 amide bonds. The van der Waals surface area contributed by atoms with Gasteiger partial charge < -0.3 is 4.74 Å². The molecule has 7 heteroatoms. The van der Waals surface area contributed by atoms with E-state index in [1.54, 1.807) is 11.3 Å². The van der Waals surface area contributed by atoms with E-state index in [1.807, 2.05) is 48.7 Å². The molecule has 1 aromatic heterocycles. The smallest absolute Gasteiger partial charge is 0.232 e. The largest absolute Gasteiger partial charge is 0.494 e. The van der Waals surface area contributed by atoms with Crippen molar-refractivity contribution in [2.75, 3.05) is 23.7 Å². The van der Waals surface area contributed by atoms with E-state index in [2.05, 4.69) is 6.07 Å². The Kier molecular flexibility index (Phi) is 4.65. The molecule has 5 nitrogen and oxygen atoms in total. The van der Waals surface area contributed by atoms with Gasteiger partial charge in [0.05, 0.1) is 24.2 Å². The number of nitrogens with zero attached hydrogens (tertiary/aromatic N) is 2. The normalized spacial score (nSPS) is 13.6. The standard InChI is InChI=1S/C20H20N2O3S2/c1-3-25-17-6-4-5-16(12-17)20-21-18(13-26-20)14-7-8-19-15(11-14)9-10-22(19)27(2,23)24/h4-8,11-13H,3,9-10H2,1-2H3. The summed E-state index contributed by atoms with van der Waals surface area (Å²) in [6, 6.07) is 13.8. The van der Waals surface area contributed by atoms with Crippen LogP contribution in [0.15, 0.2) is 47.8 Å². The SMILES string of the molecule is CCOc1cccc(-c2nc(-c3ccc4c(c3)CCN4S(C)(=O)=O)cs2)c1. The molecule has 1 aliphatic heterocycles. The summed E-state index contributed by atoms with van der Waals surface area (Å²) in [6.07, 6.45) is 1.97. The molecule has 2 heterocycles. The molecule has 0 bridgehead atoms. The Balaban J connectivity index is 1.64. The summed E-state index contributed by atoms with van der Waals surface area (Å²) in [5.41, 5.74) is 4.76. The molecule has 0 aliphatic carbocycles. The molecule has 0 saturated carbocycles. The lowest BCUT2D eigenvalue weighted by atomic mass is 10.1. The van der Waals surface area contributed by atoms with E-state index in [-0.39, 0.29) is 0 Å². The zero-order chi connectivity index (χ0) is 19.0. The van der Waals surface area contributed by atoms with Crippen molar-refractivity contribution in [3.8, 4) is 27.6 Å². The average molecular weight is 401 g/mol. The predicted octanol–water partition coefficient (Wildman–Crippen LogP) is 4.20. The maximum Gasteiger partial charge on any atom is 0.232 e. The molecule has 1 aliphatic rings. The van der Waals surface area contributed by atoms with E-state index in [0.29, 0.717) is 13.2 Å². The maximum atomic E-state index is 11.9. The second kappa shape index (κ2) is 6.98. The Morgan fingerprint density at radius 1 is 1.19 bits per heavy atom. The summed E-state index contributed by atoms with van der Waals surface area (Å²) in [4.78, 5) is 4.78. The van der Waals surface area contributed by atoms with E-state index in [0.717, 1.165) is 45.2 Å². The molecular formula is C20H20N2O3S2. The van der Waals surface area contributed by atoms with Crippen molar-refractivity contribution in [2.24, 2.45) is 0 Å². The fraction of sp³-hybridized carbons (Fsp3) is 0.250. The number of sulfonamides is 1. The lowest BCUT2D eigenvalue weighted by Gasteiger charge is -2.16. The molecule has 0 atom stereocenters. The van der Waals surface area contributed by atoms with Gasteiger partial charge in [0, 0.05) is 23.1 Å². The summed E-state index contributed by atoms with van der Waals surface area (Å²) >= 11 is 1.59. The highest BCUT2D eigenvalue weighted by molar-refractivity contribution is 7.92. The number of hydrogen-bond donors (Lipinski definition) is 0. The fourth-order valence-electron chi connectivity index (χ4n) is 3.30. The molecule has 0 N–H and O–H groups in total. The van der Waals surface area contributed by atoms with Crippen molar-refractivity contribution < 1.29 is 13.2 Å². The third kappa shape index (κ3) is 3.57. The van der Waals surface area contributed by atoms with Crippen molar-refractivity contribution in [2.45, 2.75) is 13.3 Å². The van der Waals surface area contributed by atoms with E-state index < -0.39 is 10.0 Å². The summed E-state index contributed by atoms with van der Waals surface area (Å²) in [5.74, 6) is 0.838. The fourth-order valence-corrected chi connectivity index (χ4v) is 5.08. The van der Waals surface area contributed by atoms with Gasteiger partial charge in [-0.2, -0.15) is 0 Å². The third-order valence-corrected chi connectivity index (χ3v) is 6.60. The van der Waals surface area contributed by atoms with Gasteiger partial charge in [-0.3, -0.25) is 4.31 Å². The van der Waals surface area contributed by atoms with Crippen LogP contribution in [-0.4, -0.2) is 32.8 Å². The highest BCUT2D eigenvalue weighted by atomic mass is 32.2. The molecule has 0 saturated heterocycles. The molecule has 0 spiro atoms. The van der Waals surface area contributed by atoms with Crippen molar-refractivity contribution >= 4 is 27.0 Å². The minimum absolute atomic E-state index is 0.504. The number of benzene rings is 2. The van der Waals surface area contributed by atoms with Gasteiger partial charge in [0.1, 0.15) is 10.8 Å². The van der Waals surface area contributed by atoms with Crippen molar-refractivity contribution in [1.82, 2.24) is 4.98 Å². The number of rotatable bonds is 5. The summed E-state index contributed by atoms with van der Waals surface area (Å²) in [5, 5.41) is 2.97. The molecule has 3 aromatic rings. The Bertz CT molecular complexity index is 1090. The Labute approximate surface area is 163 Å². The minimum Gasteiger partial charge on any atom is -0.494 e. The number of aromatic nitrogens is 1. The number of thiazole rings is 1. The third-order valence-electron chi connectivity index (χ3n) is 4.52. The van der Waals surface area contributed by atoms with Crippen LogP contribution in [-0.2, 0) is 16.4 Å². The molecule has 0 radical (unpaired) electrons. The Morgan fingerprint density at radius 3 is 2.81 bits per heavy atom. The number of hydrogen-bond acceptors (Lipinski definition) is 5. The molecule has 140 valence electrons. The molecule has 0 unspecified atom stereocenters. The van der Waals surface area contributed by atoms with Crippen LogP contribution in [0.4, 0.5) is 5.69 Å². The van der Waals surface area contributed by atoms with Crippen LogP contribution in [0.3, 0.4) is 0 Å². The first-order valence-corrected chi connectivity index (χ1v) is 11.5. The number of ether oxygens (including phenoxy) is 1. The van der Waals surface area contributed by atoms with E-state index in [1.165, 1.54) is 10.6 Å². The van der Waals surface area contributed by atoms with Crippen molar-refractivity contribution in [1.29, 1.82) is 0 Å². The van der Waals surface area contributed by atoms with Crippen LogP contribution < -0.4 is 9.04 Å². The molecule has 0 fully saturated rings. The topological polar surface area (TPSA) is 59.5 Å². The van der Waals surface area contributed by atoms with Gasteiger partial charge in [-0.25, -0.2) is 13.4 Å². The quantitative estimate of drug-likeness (QED) is 0.644. The average Bonchev–Trinajstić information content (AvgIpc) is 3.28. The molecule has 27 heavy (non-hydrogen) atoms. The van der Waals surface area contributed by atoms with Crippen LogP contribution in [0.25, 0.3) is 21.8 Å². The zero-order valence-electron chi connectivity index (χ0n) is 15.2. The second-order valence-corrected chi connectivity index (χ2v) is 9.19. The van der Waals surface area contributed by atoms with Crippen LogP contribution in [0, 0.1) is 0 Å². The van der Waals surface area contributed by atoms with E-state index in [4.69, 9.17) is 9.72 Å². The number of fused-ring (bicyclic) bond motifs is 1. The lowest BCUT2D eigenvalue weighted by molar-refractivity contribution is 0.340. The molecule has 4 rings (SSSR count). The van der Waals surface area contributed by atoms with Gasteiger partial charge in [-0.15, -0.1) is 11.3 Å². The van der Waals surface area contributed by atoms with Gasteiger partial charge >= 0.3 is 0 Å². The van der Waals surface area contributed by atoms with Crippen LogP contribution in [0.2, 0.25) is 0 Å². The van der Waals surface area contributed by atoms with Crippen molar-refractivity contribution in [3.05, 3.63) is 53.4 Å². The second-order valence-electron chi connectivity index (χ2n) is 6.43. The summed E-state index contributed by atoms with van der Waals surface area (Å²) in [6.45, 7) is 3.10. The highest BCUT2D eigenvalue weighted by Gasteiger charge is 2.26. The highest BCUT2D eigenvalue weighted by Crippen LogP contribution is 2.35. The first-order valence-electron chi connectivity index (χ1n) is 8.75. The van der Waals surface area contributed by atoms with Gasteiger partial charge in [-0.1, -0.05) is 18.2 Å². The minimum atomic E-state index is -3.23. The van der Waals surface area contributed by atoms with Gasteiger partial charge in [0.15, 0.2) is 0 Å². The van der Waals surface area contributed by atoms with Gasteiger partial charge in [0.25, 0.3) is 0 Å². The van der Waals surface area contributed by atoms with Crippen LogP contribution >= 0.6 is 11.3 Å². The monoisotopic (exact) mass is 400 g/mol. The lowest BCUT2D eigenvalue weighted by Crippen LogP contribution is -2.27. The van der Waals surface area contributed by atoms with Crippen LogP contribution in [0.5, 0.6) is 5.75 Å². The predicted molar refractivity (Wildman–Crippen MR) is 110 cm³/mol. The van der Waals surface area contributed by atoms with Gasteiger partial charge in [0.2, 0.25) is 10.0 Å². The first kappa shape index (κ1) is 18.0. The first-order chi connectivity index (χ1) is 13.0. The zero-order valence-corrected chi connectivity index (χ0v) is 16.8. The Hall–Kier alpha value is -2.38. The molecule has 2 aromatic carbocycles. The van der Waals surface area contributed by atoms with E-state index in [9.17, 15) is 8.42 Å². The molecular weight excluding hydrogens is 380 g/mol. The summed E-state index contributed by atoms with van der Waals surface area (Å²) in [7, 11) is -3.23. The van der Waals surface area contributed by atoms with Gasteiger partial charge in [-0.05, 0) is 43.2 Å². The van der Waals surface area contributed by atoms with E-state index >= 15 is 0 Å². The summed E-state index contributed by atoms with van der Waals surface area (Å²) < 4.78 is 30.8. The van der Waals surface area contributed by atoms with Crippen LogP contribution in [0.1, 0.15) is 12.5 Å². The maximum absolute atomic E-state index is 11.9.